The van der Waals surface area contributed by atoms with Crippen molar-refractivity contribution >= 4 is 23.4 Å². The fourth-order valence-electron chi connectivity index (χ4n) is 3.24. The Labute approximate surface area is 160 Å². The van der Waals surface area contributed by atoms with E-state index < -0.39 is 0 Å². The van der Waals surface area contributed by atoms with E-state index in [9.17, 15) is 4.79 Å². The minimum atomic E-state index is -0.206. The Balaban J connectivity index is 1.70. The zero-order chi connectivity index (χ0) is 19.1. The Morgan fingerprint density at radius 1 is 1.11 bits per heavy atom. The lowest BCUT2D eigenvalue weighted by Gasteiger charge is -2.36. The van der Waals surface area contributed by atoms with Crippen LogP contribution >= 0.6 is 0 Å². The number of hydrogen-bond acceptors (Lipinski definition) is 4. The normalized spacial score (nSPS) is 14.9. The molecular weight excluding hydrogens is 336 g/mol. The topological polar surface area (TPSA) is 59.4 Å². The largest absolute Gasteiger partial charge is 0.367 e. The standard InChI is InChI=1S/C22H24N4O/c1-2-25-13-15-26(16-14-25)21-10-6-5-9-20(21)24-22(27)12-11-18-7-3-4-8-19(18)17-23/h3-12H,2,13-16H2,1H3,(H,24,27)/b12-11+. The second-order valence-electron chi connectivity index (χ2n) is 6.46. The van der Waals surface area contributed by atoms with Gasteiger partial charge in [-0.25, -0.2) is 0 Å². The van der Waals surface area contributed by atoms with Crippen molar-refractivity contribution in [3.05, 3.63) is 65.7 Å². The summed E-state index contributed by atoms with van der Waals surface area (Å²) in [6.45, 7) is 7.22. The van der Waals surface area contributed by atoms with E-state index in [1.165, 1.54) is 6.08 Å². The molecule has 27 heavy (non-hydrogen) atoms. The average Bonchev–Trinajstić information content (AvgIpc) is 2.73. The first kappa shape index (κ1) is 18.7. The van der Waals surface area contributed by atoms with Crippen LogP contribution in [0.4, 0.5) is 11.4 Å². The van der Waals surface area contributed by atoms with E-state index in [-0.39, 0.29) is 5.91 Å². The zero-order valence-corrected chi connectivity index (χ0v) is 15.6. The van der Waals surface area contributed by atoms with Crippen molar-refractivity contribution in [2.45, 2.75) is 6.92 Å². The predicted molar refractivity (Wildman–Crippen MR) is 110 cm³/mol. The van der Waals surface area contributed by atoms with Gasteiger partial charge >= 0.3 is 0 Å². The predicted octanol–water partition coefficient (Wildman–Crippen LogP) is 3.35. The number of nitrogens with zero attached hydrogens (tertiary/aromatic N) is 3. The minimum absolute atomic E-state index is 0.206. The number of benzene rings is 2. The third-order valence-electron chi connectivity index (χ3n) is 4.82. The number of carbonyl (C=O) groups excluding carboxylic acids is 1. The van der Waals surface area contributed by atoms with Crippen LogP contribution in [0.3, 0.4) is 0 Å². The lowest BCUT2D eigenvalue weighted by atomic mass is 10.1. The molecular formula is C22H24N4O. The Hall–Kier alpha value is -3.10. The van der Waals surface area contributed by atoms with E-state index in [4.69, 9.17) is 5.26 Å². The molecule has 0 bridgehead atoms. The van der Waals surface area contributed by atoms with Gasteiger partial charge in [-0.05, 0) is 36.4 Å². The number of carbonyl (C=O) groups is 1. The van der Waals surface area contributed by atoms with Crippen LogP contribution in [0.1, 0.15) is 18.1 Å². The van der Waals surface area contributed by atoms with Crippen molar-refractivity contribution in [2.75, 3.05) is 42.9 Å². The quantitative estimate of drug-likeness (QED) is 0.831. The molecule has 5 nitrogen and oxygen atoms in total. The summed E-state index contributed by atoms with van der Waals surface area (Å²) in [5.74, 6) is -0.206. The van der Waals surface area contributed by atoms with E-state index in [1.54, 1.807) is 12.1 Å². The highest BCUT2D eigenvalue weighted by molar-refractivity contribution is 6.04. The molecule has 0 aliphatic carbocycles. The molecule has 1 N–H and O–H groups in total. The van der Waals surface area contributed by atoms with E-state index in [0.717, 1.165) is 49.7 Å². The molecule has 2 aromatic carbocycles. The number of nitriles is 1. The van der Waals surface area contributed by atoms with Gasteiger partial charge in [-0.3, -0.25) is 4.79 Å². The van der Waals surface area contributed by atoms with E-state index in [2.05, 4.69) is 28.1 Å². The number of nitrogens with one attached hydrogen (secondary N) is 1. The third-order valence-corrected chi connectivity index (χ3v) is 4.82. The van der Waals surface area contributed by atoms with Gasteiger partial charge in [0, 0.05) is 32.3 Å². The molecule has 1 fully saturated rings. The maximum atomic E-state index is 12.4. The smallest absolute Gasteiger partial charge is 0.248 e. The molecule has 5 heteroatoms. The summed E-state index contributed by atoms with van der Waals surface area (Å²) in [6, 6.07) is 17.3. The first-order valence-electron chi connectivity index (χ1n) is 9.25. The van der Waals surface area contributed by atoms with Crippen LogP contribution in [0, 0.1) is 11.3 Å². The Kier molecular flexibility index (Phi) is 6.24. The first-order chi connectivity index (χ1) is 13.2. The summed E-state index contributed by atoms with van der Waals surface area (Å²) in [7, 11) is 0. The molecule has 0 radical (unpaired) electrons. The molecule has 1 amide bonds. The second-order valence-corrected chi connectivity index (χ2v) is 6.46. The number of likely N-dealkylation sites (N-methyl/N-ethyl adjacent to an activating group) is 1. The molecule has 2 aromatic rings. The van der Waals surface area contributed by atoms with Crippen molar-refractivity contribution in [1.29, 1.82) is 5.26 Å². The lowest BCUT2D eigenvalue weighted by Crippen LogP contribution is -2.46. The SMILES string of the molecule is CCN1CCN(c2ccccc2NC(=O)/C=C/c2ccccc2C#N)CC1. The Morgan fingerprint density at radius 2 is 1.81 bits per heavy atom. The van der Waals surface area contributed by atoms with Crippen molar-refractivity contribution in [3.8, 4) is 6.07 Å². The van der Waals surface area contributed by atoms with Crippen molar-refractivity contribution in [3.63, 3.8) is 0 Å². The maximum Gasteiger partial charge on any atom is 0.248 e. The number of piperazine rings is 1. The van der Waals surface area contributed by atoms with E-state index >= 15 is 0 Å². The minimum Gasteiger partial charge on any atom is -0.367 e. The fraction of sp³-hybridized carbons (Fsp3) is 0.273. The molecule has 3 rings (SSSR count). The van der Waals surface area contributed by atoms with Crippen LogP contribution in [0.2, 0.25) is 0 Å². The molecule has 0 atom stereocenters. The van der Waals surface area contributed by atoms with Crippen LogP contribution in [-0.4, -0.2) is 43.5 Å². The second kappa shape index (κ2) is 9.02. The molecule has 1 saturated heterocycles. The van der Waals surface area contributed by atoms with Crippen molar-refractivity contribution < 1.29 is 4.79 Å². The monoisotopic (exact) mass is 360 g/mol. The molecule has 138 valence electrons. The van der Waals surface area contributed by atoms with Crippen molar-refractivity contribution in [1.82, 2.24) is 4.90 Å². The van der Waals surface area contributed by atoms with Gasteiger partial charge in [0.15, 0.2) is 0 Å². The summed E-state index contributed by atoms with van der Waals surface area (Å²) < 4.78 is 0. The molecule has 1 aliphatic rings. The Bertz CT molecular complexity index is 861. The third kappa shape index (κ3) is 4.75. The molecule has 1 aliphatic heterocycles. The molecule has 0 saturated carbocycles. The number of hydrogen-bond donors (Lipinski definition) is 1. The van der Waals surface area contributed by atoms with Crippen molar-refractivity contribution in [2.24, 2.45) is 0 Å². The summed E-state index contributed by atoms with van der Waals surface area (Å²) in [6.07, 6.45) is 3.15. The number of amides is 1. The number of para-hydroxylation sites is 2. The van der Waals surface area contributed by atoms with Gasteiger partial charge in [-0.1, -0.05) is 37.3 Å². The van der Waals surface area contributed by atoms with Crippen LogP contribution in [0.15, 0.2) is 54.6 Å². The van der Waals surface area contributed by atoms with Gasteiger partial charge in [0.2, 0.25) is 5.91 Å². The van der Waals surface area contributed by atoms with Gasteiger partial charge in [0.05, 0.1) is 23.0 Å². The van der Waals surface area contributed by atoms with Crippen LogP contribution in [-0.2, 0) is 4.79 Å². The van der Waals surface area contributed by atoms with Gasteiger partial charge in [0.25, 0.3) is 0 Å². The number of rotatable bonds is 5. The Morgan fingerprint density at radius 3 is 2.56 bits per heavy atom. The maximum absolute atomic E-state index is 12.4. The summed E-state index contributed by atoms with van der Waals surface area (Å²) in [5.41, 5.74) is 3.15. The highest BCUT2D eigenvalue weighted by Crippen LogP contribution is 2.26. The summed E-state index contributed by atoms with van der Waals surface area (Å²) >= 11 is 0. The lowest BCUT2D eigenvalue weighted by molar-refractivity contribution is -0.111. The molecule has 0 spiro atoms. The highest BCUT2D eigenvalue weighted by Gasteiger charge is 2.18. The first-order valence-corrected chi connectivity index (χ1v) is 9.25. The van der Waals surface area contributed by atoms with Gasteiger partial charge < -0.3 is 15.1 Å². The van der Waals surface area contributed by atoms with E-state index in [1.807, 2.05) is 42.5 Å². The molecule has 0 aromatic heterocycles. The summed E-state index contributed by atoms with van der Waals surface area (Å²) in [5, 5.41) is 12.1. The number of anilines is 2. The van der Waals surface area contributed by atoms with Gasteiger partial charge in [-0.15, -0.1) is 0 Å². The van der Waals surface area contributed by atoms with Crippen LogP contribution in [0.5, 0.6) is 0 Å². The van der Waals surface area contributed by atoms with Gasteiger partial charge in [0.1, 0.15) is 0 Å². The average molecular weight is 360 g/mol. The van der Waals surface area contributed by atoms with E-state index in [0.29, 0.717) is 5.56 Å². The summed E-state index contributed by atoms with van der Waals surface area (Å²) in [4.78, 5) is 17.2. The van der Waals surface area contributed by atoms with Crippen LogP contribution < -0.4 is 10.2 Å². The highest BCUT2D eigenvalue weighted by atomic mass is 16.1. The zero-order valence-electron chi connectivity index (χ0n) is 15.6. The fourth-order valence-corrected chi connectivity index (χ4v) is 3.24. The molecule has 1 heterocycles. The van der Waals surface area contributed by atoms with Gasteiger partial charge in [-0.2, -0.15) is 5.26 Å². The molecule has 0 unspecified atom stereocenters. The van der Waals surface area contributed by atoms with Crippen LogP contribution in [0.25, 0.3) is 6.08 Å².